The summed E-state index contributed by atoms with van der Waals surface area (Å²) >= 11 is 0. The number of aromatic amines is 1. The van der Waals surface area contributed by atoms with Crippen molar-refractivity contribution in [3.63, 3.8) is 0 Å². The number of pyridine rings is 1. The lowest BCUT2D eigenvalue weighted by Gasteiger charge is -1.99. The Morgan fingerprint density at radius 2 is 2.12 bits per heavy atom. The molecule has 2 heterocycles. The molecule has 3 nitrogen and oxygen atoms in total. The van der Waals surface area contributed by atoms with Crippen LogP contribution in [0.1, 0.15) is 31.0 Å². The average Bonchev–Trinajstić information content (AvgIpc) is 3.02. The Hall–Kier alpha value is -2.81. The zero-order chi connectivity index (χ0) is 17.2. The van der Waals surface area contributed by atoms with Crippen molar-refractivity contribution >= 4 is 6.08 Å². The predicted molar refractivity (Wildman–Crippen MR) is 103 cm³/mol. The van der Waals surface area contributed by atoms with Crippen LogP contribution in [0.15, 0.2) is 73.2 Å². The lowest BCUT2D eigenvalue weighted by atomic mass is 10.1. The van der Waals surface area contributed by atoms with Gasteiger partial charge in [-0.05, 0) is 67.8 Å². The maximum Gasteiger partial charge on any atom is 0.0463 e. The number of nitrogens with two attached hydrogens (primary N) is 1. The maximum absolute atomic E-state index is 5.36. The van der Waals surface area contributed by atoms with Gasteiger partial charge < -0.3 is 10.7 Å². The molecule has 2 aromatic heterocycles. The number of hydrogen-bond donors (Lipinski definition) is 2. The molecular formula is C21H25N3. The lowest BCUT2D eigenvalue weighted by molar-refractivity contribution is 0.823. The van der Waals surface area contributed by atoms with Gasteiger partial charge in [-0.3, -0.25) is 4.98 Å². The van der Waals surface area contributed by atoms with Gasteiger partial charge in [0.25, 0.3) is 0 Å². The van der Waals surface area contributed by atoms with Gasteiger partial charge in [-0.1, -0.05) is 30.9 Å². The molecule has 0 spiro atoms. The smallest absolute Gasteiger partial charge is 0.0463 e. The number of unbranched alkanes of at least 4 members (excludes halogenated alkanes) is 1. The van der Waals surface area contributed by atoms with E-state index in [1.54, 1.807) is 6.20 Å². The van der Waals surface area contributed by atoms with Crippen molar-refractivity contribution in [1.82, 2.24) is 9.97 Å². The molecule has 24 heavy (non-hydrogen) atoms. The van der Waals surface area contributed by atoms with Crippen molar-refractivity contribution in [2.24, 2.45) is 5.73 Å². The molecule has 0 amide bonds. The molecule has 0 atom stereocenters. The molecule has 3 N–H and O–H groups in total. The normalized spacial score (nSPS) is 12.3. The Kier molecular flexibility index (Phi) is 6.84. The highest BCUT2D eigenvalue weighted by Crippen LogP contribution is 2.23. The second-order valence-corrected chi connectivity index (χ2v) is 5.65. The van der Waals surface area contributed by atoms with Crippen LogP contribution < -0.4 is 5.73 Å². The van der Waals surface area contributed by atoms with Gasteiger partial charge in [0, 0.05) is 29.3 Å². The molecule has 0 aliphatic carbocycles. The van der Waals surface area contributed by atoms with Crippen molar-refractivity contribution in [2.45, 2.75) is 26.2 Å². The van der Waals surface area contributed by atoms with Crippen LogP contribution in [-0.4, -0.2) is 9.97 Å². The molecule has 0 bridgehead atoms. The zero-order valence-corrected chi connectivity index (χ0v) is 14.2. The van der Waals surface area contributed by atoms with Crippen LogP contribution in [0.3, 0.4) is 0 Å². The van der Waals surface area contributed by atoms with E-state index in [4.69, 9.17) is 5.73 Å². The molecule has 2 aromatic rings. The van der Waals surface area contributed by atoms with Gasteiger partial charge in [0.15, 0.2) is 0 Å². The lowest BCUT2D eigenvalue weighted by Crippen LogP contribution is -1.88. The number of allylic oxidation sites excluding steroid dienone is 5. The van der Waals surface area contributed by atoms with Crippen molar-refractivity contribution in [3.8, 4) is 11.3 Å². The van der Waals surface area contributed by atoms with E-state index < -0.39 is 0 Å². The van der Waals surface area contributed by atoms with Crippen molar-refractivity contribution in [1.29, 1.82) is 0 Å². The number of nitrogens with one attached hydrogen (secondary N) is 1. The van der Waals surface area contributed by atoms with Gasteiger partial charge >= 0.3 is 0 Å². The van der Waals surface area contributed by atoms with E-state index in [1.807, 2.05) is 43.6 Å². The first-order chi connectivity index (χ1) is 11.7. The average molecular weight is 319 g/mol. The summed E-state index contributed by atoms with van der Waals surface area (Å²) in [5.74, 6) is 0. The predicted octanol–water partition coefficient (Wildman–Crippen LogP) is 5.02. The van der Waals surface area contributed by atoms with Crippen molar-refractivity contribution in [2.75, 3.05) is 0 Å². The highest BCUT2D eigenvalue weighted by atomic mass is 14.7. The van der Waals surface area contributed by atoms with Crippen LogP contribution in [0, 0.1) is 0 Å². The number of hydrogen-bond acceptors (Lipinski definition) is 2. The molecule has 0 aromatic carbocycles. The van der Waals surface area contributed by atoms with E-state index in [1.165, 1.54) is 11.3 Å². The van der Waals surface area contributed by atoms with Crippen LogP contribution in [0.5, 0.6) is 0 Å². The summed E-state index contributed by atoms with van der Waals surface area (Å²) < 4.78 is 0. The zero-order valence-electron chi connectivity index (χ0n) is 14.2. The quantitative estimate of drug-likeness (QED) is 0.530. The number of H-pyrrole nitrogens is 1. The number of aryl methyl sites for hydroxylation is 1. The highest BCUT2D eigenvalue weighted by molar-refractivity contribution is 5.65. The first kappa shape index (κ1) is 17.5. The molecule has 2 rings (SSSR count). The van der Waals surface area contributed by atoms with Crippen molar-refractivity contribution < 1.29 is 0 Å². The Labute approximate surface area is 144 Å². The standard InChI is InChI=1S/C21H25N3/c1-3-18-16-21(19-11-14-23-15-12-19)24-20(18)9-7-5-4-6-8-17(2)10-13-22/h3-4,6,8,10-16,24H,1,5,7,9,22H2,2H3/b6-4+,13-10-,17-8-. The molecule has 0 aliphatic rings. The minimum Gasteiger partial charge on any atom is -0.405 e. The highest BCUT2D eigenvalue weighted by Gasteiger charge is 2.06. The molecule has 0 unspecified atom stereocenters. The van der Waals surface area contributed by atoms with Crippen LogP contribution in [0.4, 0.5) is 0 Å². The molecule has 0 saturated carbocycles. The minimum absolute atomic E-state index is 1.00. The minimum atomic E-state index is 1.00. The van der Waals surface area contributed by atoms with E-state index >= 15 is 0 Å². The third kappa shape index (κ3) is 5.13. The summed E-state index contributed by atoms with van der Waals surface area (Å²) in [5, 5.41) is 0. The summed E-state index contributed by atoms with van der Waals surface area (Å²) in [6.07, 6.45) is 18.4. The third-order valence-corrected chi connectivity index (χ3v) is 3.80. The Morgan fingerprint density at radius 1 is 1.33 bits per heavy atom. The molecule has 0 saturated heterocycles. The van der Waals surface area contributed by atoms with Crippen molar-refractivity contribution in [3.05, 3.63) is 84.5 Å². The molecule has 0 radical (unpaired) electrons. The second kappa shape index (κ2) is 9.36. The van der Waals surface area contributed by atoms with Gasteiger partial charge in [0.2, 0.25) is 0 Å². The third-order valence-electron chi connectivity index (χ3n) is 3.80. The Bertz CT molecular complexity index is 734. The SMILES string of the molecule is C=Cc1cc(-c2ccncc2)[nH]c1CCC/C=C/C=C(C)\C=C/N. The summed E-state index contributed by atoms with van der Waals surface area (Å²) in [5.41, 5.74) is 11.2. The fourth-order valence-corrected chi connectivity index (χ4v) is 2.51. The molecule has 124 valence electrons. The summed E-state index contributed by atoms with van der Waals surface area (Å²) in [7, 11) is 0. The topological polar surface area (TPSA) is 54.7 Å². The van der Waals surface area contributed by atoms with Crippen LogP contribution in [0.25, 0.3) is 17.3 Å². The van der Waals surface area contributed by atoms with Gasteiger partial charge in [0.05, 0.1) is 0 Å². The van der Waals surface area contributed by atoms with Crippen LogP contribution in [0.2, 0.25) is 0 Å². The van der Waals surface area contributed by atoms with E-state index in [0.717, 1.165) is 36.1 Å². The van der Waals surface area contributed by atoms with Gasteiger partial charge in [-0.25, -0.2) is 0 Å². The fourth-order valence-electron chi connectivity index (χ4n) is 2.51. The first-order valence-electron chi connectivity index (χ1n) is 8.21. The van der Waals surface area contributed by atoms with Gasteiger partial charge in [0.1, 0.15) is 0 Å². The molecule has 0 aliphatic heterocycles. The largest absolute Gasteiger partial charge is 0.405 e. The van der Waals surface area contributed by atoms with E-state index in [9.17, 15) is 0 Å². The molecule has 0 fully saturated rings. The van der Waals surface area contributed by atoms with E-state index in [2.05, 4.69) is 40.8 Å². The maximum atomic E-state index is 5.36. The van der Waals surface area contributed by atoms with Crippen LogP contribution in [-0.2, 0) is 6.42 Å². The Morgan fingerprint density at radius 3 is 2.83 bits per heavy atom. The van der Waals surface area contributed by atoms with Gasteiger partial charge in [-0.15, -0.1) is 0 Å². The molecule has 3 heteroatoms. The number of nitrogens with zero attached hydrogens (tertiary/aromatic N) is 1. The monoisotopic (exact) mass is 319 g/mol. The van der Waals surface area contributed by atoms with Crippen LogP contribution >= 0.6 is 0 Å². The second-order valence-electron chi connectivity index (χ2n) is 5.65. The number of rotatable bonds is 8. The fraction of sp³-hybridized carbons (Fsp3) is 0.190. The molecular weight excluding hydrogens is 294 g/mol. The summed E-state index contributed by atoms with van der Waals surface area (Å²) in [4.78, 5) is 7.58. The Balaban J connectivity index is 1.93. The summed E-state index contributed by atoms with van der Waals surface area (Å²) in [6.45, 7) is 5.95. The summed E-state index contributed by atoms with van der Waals surface area (Å²) in [6, 6.07) is 6.17. The first-order valence-corrected chi connectivity index (χ1v) is 8.21. The van der Waals surface area contributed by atoms with E-state index in [0.29, 0.717) is 0 Å². The number of aromatic nitrogens is 2. The van der Waals surface area contributed by atoms with E-state index in [-0.39, 0.29) is 0 Å². The van der Waals surface area contributed by atoms with Gasteiger partial charge in [-0.2, -0.15) is 0 Å².